The van der Waals surface area contributed by atoms with Gasteiger partial charge in [0.1, 0.15) is 17.1 Å². The third-order valence-electron chi connectivity index (χ3n) is 10.3. The fourth-order valence-corrected chi connectivity index (χ4v) is 9.50. The van der Waals surface area contributed by atoms with Crippen LogP contribution in [0.4, 0.5) is 17.1 Å². The van der Waals surface area contributed by atoms with E-state index in [4.69, 9.17) is 9.15 Å². The first kappa shape index (κ1) is 26.9. The van der Waals surface area contributed by atoms with Gasteiger partial charge in [-0.25, -0.2) is 0 Å². The molecule has 9 aromatic rings. The summed E-state index contributed by atoms with van der Waals surface area (Å²) in [7, 11) is 0. The molecule has 7 aromatic carbocycles. The first-order valence-corrected chi connectivity index (χ1v) is 17.4. The molecular formula is C45H27NO2S. The molecule has 4 heteroatoms. The van der Waals surface area contributed by atoms with E-state index in [2.05, 4.69) is 169 Å². The minimum Gasteiger partial charge on any atom is -0.457 e. The zero-order valence-electron chi connectivity index (χ0n) is 26.3. The minimum atomic E-state index is -0.491. The molecule has 0 amide bonds. The molecule has 0 fully saturated rings. The molecule has 3 nitrogen and oxygen atoms in total. The van der Waals surface area contributed by atoms with Gasteiger partial charge in [-0.3, -0.25) is 0 Å². The summed E-state index contributed by atoms with van der Waals surface area (Å²) in [5, 5.41) is 2.32. The van der Waals surface area contributed by atoms with Gasteiger partial charge in [0, 0.05) is 49.7 Å². The summed E-state index contributed by atoms with van der Waals surface area (Å²) in [4.78, 5) is 2.34. The van der Waals surface area contributed by atoms with E-state index in [1.807, 2.05) is 0 Å². The van der Waals surface area contributed by atoms with Crippen LogP contribution in [0.15, 0.2) is 168 Å². The van der Waals surface area contributed by atoms with Crippen LogP contribution in [0.2, 0.25) is 0 Å². The number of rotatable bonds is 3. The predicted octanol–water partition coefficient (Wildman–Crippen LogP) is 12.7. The summed E-state index contributed by atoms with van der Waals surface area (Å²) < 4.78 is 15.6. The van der Waals surface area contributed by atoms with E-state index in [0.717, 1.165) is 45.1 Å². The highest BCUT2D eigenvalue weighted by molar-refractivity contribution is 7.26. The molecule has 0 bridgehead atoms. The highest BCUT2D eigenvalue weighted by Crippen LogP contribution is 2.62. The molecule has 3 heterocycles. The number of anilines is 3. The Morgan fingerprint density at radius 3 is 1.92 bits per heavy atom. The molecule has 2 aliphatic rings. The predicted molar refractivity (Wildman–Crippen MR) is 201 cm³/mol. The second-order valence-corrected chi connectivity index (χ2v) is 13.9. The number of thiophene rings is 1. The lowest BCUT2D eigenvalue weighted by Gasteiger charge is -2.39. The number of fused-ring (bicyclic) bond motifs is 14. The van der Waals surface area contributed by atoms with Crippen molar-refractivity contribution in [3.63, 3.8) is 0 Å². The number of benzene rings is 7. The summed E-state index contributed by atoms with van der Waals surface area (Å²) >= 11 is 1.80. The number of para-hydroxylation sites is 3. The van der Waals surface area contributed by atoms with Gasteiger partial charge in [0.15, 0.2) is 5.58 Å². The lowest BCUT2D eigenvalue weighted by Crippen LogP contribution is -2.32. The number of nitrogens with zero attached hydrogens (tertiary/aromatic N) is 1. The van der Waals surface area contributed by atoms with Gasteiger partial charge in [-0.05, 0) is 82.9 Å². The molecule has 1 spiro atoms. The highest BCUT2D eigenvalue weighted by atomic mass is 32.1. The molecule has 2 aromatic heterocycles. The Bertz CT molecular complexity index is 2730. The lowest BCUT2D eigenvalue weighted by atomic mass is 9.66. The standard InChI is InChI=1S/C45H27NO2S/c1-2-12-28(13-3-1)46(30-22-24-32-41(27-30)48-43-33-15-5-11-21-42(33)49-44(32)43)29-23-25-36-34(26-29)31-14-4-6-16-35(31)45(36)37-17-7-9-19-39(37)47-40-20-10-8-18-38(40)45/h1-27H. The monoisotopic (exact) mass is 645 g/mol. The molecule has 0 radical (unpaired) electrons. The molecule has 0 N–H and O–H groups in total. The summed E-state index contributed by atoms with van der Waals surface area (Å²) in [6.07, 6.45) is 0. The molecule has 0 unspecified atom stereocenters. The van der Waals surface area contributed by atoms with Gasteiger partial charge in [-0.15, -0.1) is 11.3 Å². The third-order valence-corrected chi connectivity index (χ3v) is 11.5. The summed E-state index contributed by atoms with van der Waals surface area (Å²) in [6, 6.07) is 58.6. The fraction of sp³-hybridized carbons (Fsp3) is 0.0222. The van der Waals surface area contributed by atoms with E-state index in [0.29, 0.717) is 0 Å². The summed E-state index contributed by atoms with van der Waals surface area (Å²) in [5.41, 5.74) is 11.9. The van der Waals surface area contributed by atoms with E-state index in [9.17, 15) is 0 Å². The van der Waals surface area contributed by atoms with Crippen molar-refractivity contribution in [2.24, 2.45) is 0 Å². The molecule has 0 saturated heterocycles. The molecule has 49 heavy (non-hydrogen) atoms. The Morgan fingerprint density at radius 2 is 1.10 bits per heavy atom. The van der Waals surface area contributed by atoms with Gasteiger partial charge in [0.25, 0.3) is 0 Å². The maximum Gasteiger partial charge on any atom is 0.154 e. The second kappa shape index (κ2) is 9.96. The van der Waals surface area contributed by atoms with Gasteiger partial charge >= 0.3 is 0 Å². The molecule has 230 valence electrons. The van der Waals surface area contributed by atoms with Crippen molar-refractivity contribution in [1.82, 2.24) is 0 Å². The van der Waals surface area contributed by atoms with Crippen LogP contribution < -0.4 is 9.64 Å². The number of ether oxygens (including phenoxy) is 1. The Balaban J connectivity index is 1.14. The molecule has 0 saturated carbocycles. The molecule has 0 atom stereocenters. The van der Waals surface area contributed by atoms with E-state index in [1.165, 1.54) is 48.2 Å². The average Bonchev–Trinajstić information content (AvgIpc) is 3.79. The zero-order valence-corrected chi connectivity index (χ0v) is 27.1. The van der Waals surface area contributed by atoms with Crippen LogP contribution in [0, 0.1) is 0 Å². The number of furan rings is 1. The van der Waals surface area contributed by atoms with Crippen molar-refractivity contribution in [2.75, 3.05) is 4.90 Å². The van der Waals surface area contributed by atoms with E-state index in [1.54, 1.807) is 11.3 Å². The van der Waals surface area contributed by atoms with Crippen molar-refractivity contribution in [3.8, 4) is 22.6 Å². The van der Waals surface area contributed by atoms with Crippen LogP contribution in [0.3, 0.4) is 0 Å². The fourth-order valence-electron chi connectivity index (χ4n) is 8.34. The largest absolute Gasteiger partial charge is 0.457 e. The Kier molecular flexibility index (Phi) is 5.47. The van der Waals surface area contributed by atoms with Crippen molar-refractivity contribution >= 4 is 59.7 Å². The third kappa shape index (κ3) is 3.61. The van der Waals surface area contributed by atoms with Crippen molar-refractivity contribution in [1.29, 1.82) is 0 Å². The van der Waals surface area contributed by atoms with Crippen LogP contribution in [-0.4, -0.2) is 0 Å². The van der Waals surface area contributed by atoms with E-state index < -0.39 is 5.41 Å². The zero-order chi connectivity index (χ0) is 32.1. The smallest absolute Gasteiger partial charge is 0.154 e. The average molecular weight is 646 g/mol. The Hall–Kier alpha value is -6.10. The minimum absolute atomic E-state index is 0.491. The summed E-state index contributed by atoms with van der Waals surface area (Å²) in [6.45, 7) is 0. The van der Waals surface area contributed by atoms with Gasteiger partial charge in [-0.2, -0.15) is 0 Å². The van der Waals surface area contributed by atoms with Crippen LogP contribution in [-0.2, 0) is 5.41 Å². The topological polar surface area (TPSA) is 25.6 Å². The van der Waals surface area contributed by atoms with E-state index in [-0.39, 0.29) is 0 Å². The summed E-state index contributed by atoms with van der Waals surface area (Å²) in [5.74, 6) is 1.80. The number of hydrogen-bond donors (Lipinski definition) is 0. The lowest BCUT2D eigenvalue weighted by molar-refractivity contribution is 0.436. The van der Waals surface area contributed by atoms with Gasteiger partial charge < -0.3 is 14.1 Å². The quantitative estimate of drug-likeness (QED) is 0.191. The first-order valence-electron chi connectivity index (χ1n) is 16.6. The Morgan fingerprint density at radius 1 is 0.469 bits per heavy atom. The second-order valence-electron chi connectivity index (χ2n) is 12.8. The number of hydrogen-bond acceptors (Lipinski definition) is 4. The van der Waals surface area contributed by atoms with Gasteiger partial charge in [-0.1, -0.05) is 97.1 Å². The van der Waals surface area contributed by atoms with Crippen LogP contribution >= 0.6 is 11.3 Å². The van der Waals surface area contributed by atoms with E-state index >= 15 is 0 Å². The van der Waals surface area contributed by atoms with Crippen molar-refractivity contribution in [3.05, 3.63) is 186 Å². The van der Waals surface area contributed by atoms with Crippen LogP contribution in [0.1, 0.15) is 22.3 Å². The highest BCUT2D eigenvalue weighted by Gasteiger charge is 2.51. The van der Waals surface area contributed by atoms with Crippen LogP contribution in [0.25, 0.3) is 42.5 Å². The molecule has 1 aliphatic heterocycles. The maximum absolute atomic E-state index is 6.60. The van der Waals surface area contributed by atoms with Gasteiger partial charge in [0.05, 0.1) is 10.1 Å². The van der Waals surface area contributed by atoms with Gasteiger partial charge in [0.2, 0.25) is 0 Å². The van der Waals surface area contributed by atoms with Crippen LogP contribution in [0.5, 0.6) is 11.5 Å². The molecule has 1 aliphatic carbocycles. The van der Waals surface area contributed by atoms with Crippen molar-refractivity contribution < 1.29 is 9.15 Å². The maximum atomic E-state index is 6.60. The molecular weight excluding hydrogens is 619 g/mol. The molecule has 11 rings (SSSR count). The SMILES string of the molecule is c1ccc(N(c2ccc3c(c2)-c2ccccc2C32c3ccccc3Oc3ccccc32)c2ccc3c(c2)oc2c4ccccc4sc32)cc1. The van der Waals surface area contributed by atoms with Crippen molar-refractivity contribution in [2.45, 2.75) is 5.41 Å². The first-order chi connectivity index (χ1) is 24.3. The Labute approximate surface area is 286 Å². The normalized spacial score (nSPS) is 13.6.